The molecule has 0 saturated heterocycles. The Morgan fingerprint density at radius 3 is 2.75 bits per heavy atom. The SMILES string of the molecule is COc1ccccc1Nc1nc(-c2sc(NC(C)=O)nc2C)cs1. The van der Waals surface area contributed by atoms with E-state index in [2.05, 4.69) is 20.6 Å². The first-order valence-corrected chi connectivity index (χ1v) is 8.87. The van der Waals surface area contributed by atoms with Crippen molar-refractivity contribution < 1.29 is 9.53 Å². The number of para-hydroxylation sites is 2. The van der Waals surface area contributed by atoms with Crippen LogP contribution in [-0.2, 0) is 4.79 Å². The number of benzene rings is 1. The molecule has 3 rings (SSSR count). The highest BCUT2D eigenvalue weighted by atomic mass is 32.1. The maximum atomic E-state index is 11.2. The van der Waals surface area contributed by atoms with Crippen molar-refractivity contribution in [1.82, 2.24) is 9.97 Å². The van der Waals surface area contributed by atoms with E-state index in [1.54, 1.807) is 7.11 Å². The molecule has 0 bridgehead atoms. The molecular weight excluding hydrogens is 344 g/mol. The van der Waals surface area contributed by atoms with Gasteiger partial charge in [0.25, 0.3) is 0 Å². The van der Waals surface area contributed by atoms with Crippen LogP contribution in [0, 0.1) is 6.92 Å². The number of methoxy groups -OCH3 is 1. The number of amides is 1. The maximum absolute atomic E-state index is 11.2. The number of hydrogen-bond donors (Lipinski definition) is 2. The van der Waals surface area contributed by atoms with E-state index in [1.165, 1.54) is 29.6 Å². The smallest absolute Gasteiger partial charge is 0.223 e. The molecule has 0 fully saturated rings. The van der Waals surface area contributed by atoms with E-state index in [9.17, 15) is 4.79 Å². The Morgan fingerprint density at radius 1 is 1.21 bits per heavy atom. The van der Waals surface area contributed by atoms with E-state index in [1.807, 2.05) is 36.6 Å². The number of nitrogens with zero attached hydrogens (tertiary/aromatic N) is 2. The molecule has 0 aliphatic carbocycles. The van der Waals surface area contributed by atoms with Gasteiger partial charge in [0.2, 0.25) is 5.91 Å². The van der Waals surface area contributed by atoms with Gasteiger partial charge < -0.3 is 15.4 Å². The Bertz CT molecular complexity index is 873. The van der Waals surface area contributed by atoms with Gasteiger partial charge in [0.1, 0.15) is 5.75 Å². The van der Waals surface area contributed by atoms with Crippen molar-refractivity contribution >= 4 is 44.5 Å². The topological polar surface area (TPSA) is 76.1 Å². The monoisotopic (exact) mass is 360 g/mol. The lowest BCUT2D eigenvalue weighted by Crippen LogP contribution is -2.04. The lowest BCUT2D eigenvalue weighted by atomic mass is 10.3. The third-order valence-corrected chi connectivity index (χ3v) is 5.02. The minimum absolute atomic E-state index is 0.132. The molecule has 0 aliphatic rings. The van der Waals surface area contributed by atoms with Crippen LogP contribution in [0.1, 0.15) is 12.6 Å². The second kappa shape index (κ2) is 6.98. The minimum Gasteiger partial charge on any atom is -0.495 e. The van der Waals surface area contributed by atoms with Crippen molar-refractivity contribution in [2.75, 3.05) is 17.7 Å². The molecule has 2 aromatic heterocycles. The van der Waals surface area contributed by atoms with Crippen LogP contribution in [0.25, 0.3) is 10.6 Å². The second-order valence-electron chi connectivity index (χ2n) is 4.98. The van der Waals surface area contributed by atoms with Crippen LogP contribution >= 0.6 is 22.7 Å². The first-order chi connectivity index (χ1) is 11.6. The van der Waals surface area contributed by atoms with Crippen molar-refractivity contribution in [1.29, 1.82) is 0 Å². The molecule has 1 amide bonds. The largest absolute Gasteiger partial charge is 0.495 e. The van der Waals surface area contributed by atoms with E-state index in [0.717, 1.165) is 32.8 Å². The lowest BCUT2D eigenvalue weighted by molar-refractivity contribution is -0.114. The van der Waals surface area contributed by atoms with Gasteiger partial charge in [-0.25, -0.2) is 9.97 Å². The minimum atomic E-state index is -0.132. The van der Waals surface area contributed by atoms with Crippen molar-refractivity contribution in [3.05, 3.63) is 35.3 Å². The number of hydrogen-bond acceptors (Lipinski definition) is 7. The highest BCUT2D eigenvalue weighted by molar-refractivity contribution is 7.20. The van der Waals surface area contributed by atoms with Crippen LogP contribution < -0.4 is 15.4 Å². The van der Waals surface area contributed by atoms with Crippen molar-refractivity contribution in [2.45, 2.75) is 13.8 Å². The number of carbonyl (C=O) groups is 1. The summed E-state index contributed by atoms with van der Waals surface area (Å²) in [5, 5.41) is 9.30. The summed E-state index contributed by atoms with van der Waals surface area (Å²) >= 11 is 2.92. The zero-order chi connectivity index (χ0) is 17.1. The van der Waals surface area contributed by atoms with Crippen molar-refractivity contribution in [3.8, 4) is 16.3 Å². The zero-order valence-electron chi connectivity index (χ0n) is 13.4. The summed E-state index contributed by atoms with van der Waals surface area (Å²) in [5.41, 5.74) is 2.54. The number of thiazole rings is 2. The highest BCUT2D eigenvalue weighted by Gasteiger charge is 2.14. The molecule has 6 nitrogen and oxygen atoms in total. The number of nitrogens with one attached hydrogen (secondary N) is 2. The standard InChI is InChI=1S/C16H16N4O2S2/c1-9-14(24-16(17-9)18-10(2)21)12-8-23-15(20-12)19-11-6-4-5-7-13(11)22-3/h4-8H,1-3H3,(H,19,20)(H,17,18,21). The van der Waals surface area contributed by atoms with Crippen LogP contribution in [0.2, 0.25) is 0 Å². The van der Waals surface area contributed by atoms with Gasteiger partial charge in [-0.2, -0.15) is 0 Å². The first kappa shape index (κ1) is 16.4. The summed E-state index contributed by atoms with van der Waals surface area (Å²) in [6, 6.07) is 7.69. The third kappa shape index (κ3) is 3.55. The molecule has 0 unspecified atom stereocenters. The zero-order valence-corrected chi connectivity index (χ0v) is 15.0. The Hall–Kier alpha value is -2.45. The molecule has 2 heterocycles. The normalized spacial score (nSPS) is 10.5. The van der Waals surface area contributed by atoms with E-state index in [-0.39, 0.29) is 5.91 Å². The average Bonchev–Trinajstić information content (AvgIpc) is 3.14. The highest BCUT2D eigenvalue weighted by Crippen LogP contribution is 2.36. The average molecular weight is 360 g/mol. The van der Waals surface area contributed by atoms with E-state index in [4.69, 9.17) is 4.74 Å². The number of aryl methyl sites for hydroxylation is 1. The molecule has 8 heteroatoms. The number of ether oxygens (including phenoxy) is 1. The predicted octanol–water partition coefficient (Wildman–Crippen LogP) is 4.29. The Labute approximate surface area is 147 Å². The quantitative estimate of drug-likeness (QED) is 0.710. The molecule has 0 spiro atoms. The van der Waals surface area contributed by atoms with Crippen LogP contribution in [0.3, 0.4) is 0 Å². The van der Waals surface area contributed by atoms with E-state index < -0.39 is 0 Å². The van der Waals surface area contributed by atoms with E-state index >= 15 is 0 Å². The van der Waals surface area contributed by atoms with Gasteiger partial charge in [0, 0.05) is 12.3 Å². The van der Waals surface area contributed by atoms with Gasteiger partial charge in [0.05, 0.1) is 29.1 Å². The summed E-state index contributed by atoms with van der Waals surface area (Å²) in [5.74, 6) is 0.628. The summed E-state index contributed by atoms with van der Waals surface area (Å²) < 4.78 is 5.33. The summed E-state index contributed by atoms with van der Waals surface area (Å²) in [7, 11) is 1.64. The van der Waals surface area contributed by atoms with Crippen LogP contribution in [-0.4, -0.2) is 23.0 Å². The molecular formula is C16H16N4O2S2. The molecule has 0 atom stereocenters. The summed E-state index contributed by atoms with van der Waals surface area (Å²) in [6.45, 7) is 3.37. The fourth-order valence-electron chi connectivity index (χ4n) is 2.14. The Kier molecular flexibility index (Phi) is 4.77. The van der Waals surface area contributed by atoms with E-state index in [0.29, 0.717) is 5.13 Å². The second-order valence-corrected chi connectivity index (χ2v) is 6.84. The van der Waals surface area contributed by atoms with Gasteiger partial charge in [-0.3, -0.25) is 4.79 Å². The van der Waals surface area contributed by atoms with Gasteiger partial charge in [-0.05, 0) is 19.1 Å². The number of carbonyl (C=O) groups excluding carboxylic acids is 1. The molecule has 0 aliphatic heterocycles. The maximum Gasteiger partial charge on any atom is 0.223 e. The summed E-state index contributed by atoms with van der Waals surface area (Å²) in [4.78, 5) is 21.1. The van der Waals surface area contributed by atoms with Crippen molar-refractivity contribution in [3.63, 3.8) is 0 Å². The Balaban J connectivity index is 1.83. The van der Waals surface area contributed by atoms with Gasteiger partial charge in [-0.15, -0.1) is 11.3 Å². The molecule has 1 aromatic carbocycles. The van der Waals surface area contributed by atoms with Crippen LogP contribution in [0.5, 0.6) is 5.75 Å². The third-order valence-electron chi connectivity index (χ3n) is 3.16. The van der Waals surface area contributed by atoms with Crippen LogP contribution in [0.4, 0.5) is 16.0 Å². The Morgan fingerprint density at radius 2 is 2.00 bits per heavy atom. The van der Waals surface area contributed by atoms with Gasteiger partial charge in [0.15, 0.2) is 10.3 Å². The molecule has 2 N–H and O–H groups in total. The molecule has 0 radical (unpaired) electrons. The van der Waals surface area contributed by atoms with Gasteiger partial charge >= 0.3 is 0 Å². The number of rotatable bonds is 5. The lowest BCUT2D eigenvalue weighted by Gasteiger charge is -2.07. The molecule has 24 heavy (non-hydrogen) atoms. The molecule has 0 saturated carbocycles. The molecule has 3 aromatic rings. The van der Waals surface area contributed by atoms with Gasteiger partial charge in [-0.1, -0.05) is 23.5 Å². The molecule has 124 valence electrons. The number of anilines is 3. The summed E-state index contributed by atoms with van der Waals surface area (Å²) in [6.07, 6.45) is 0. The predicted molar refractivity (Wildman–Crippen MR) is 98.5 cm³/mol. The fraction of sp³-hybridized carbons (Fsp3) is 0.188. The van der Waals surface area contributed by atoms with Crippen molar-refractivity contribution in [2.24, 2.45) is 0 Å². The number of aromatic nitrogens is 2. The van der Waals surface area contributed by atoms with Crippen LogP contribution in [0.15, 0.2) is 29.6 Å². The fourth-order valence-corrected chi connectivity index (χ4v) is 3.90. The first-order valence-electron chi connectivity index (χ1n) is 7.18.